The van der Waals surface area contributed by atoms with Crippen molar-refractivity contribution in [2.75, 3.05) is 0 Å². The Morgan fingerprint density at radius 1 is 1.32 bits per heavy atom. The van der Waals surface area contributed by atoms with Gasteiger partial charge in [0.05, 0.1) is 5.60 Å². The average Bonchev–Trinajstić information content (AvgIpc) is 2.78. The summed E-state index contributed by atoms with van der Waals surface area (Å²) < 4.78 is 0. The fraction of sp³-hybridized carbons (Fsp3) is 0.706. The van der Waals surface area contributed by atoms with Crippen molar-refractivity contribution in [1.29, 1.82) is 0 Å². The van der Waals surface area contributed by atoms with Gasteiger partial charge in [0.25, 0.3) is 0 Å². The van der Waals surface area contributed by atoms with Crippen molar-refractivity contribution in [2.45, 2.75) is 69.8 Å². The molecule has 1 aromatic rings. The molecule has 2 aliphatic rings. The van der Waals surface area contributed by atoms with Crippen LogP contribution in [0.3, 0.4) is 0 Å². The molecule has 3 atom stereocenters. The van der Waals surface area contributed by atoms with Gasteiger partial charge in [-0.1, -0.05) is 32.3 Å². The molecular formula is C17H25NO. The molecule has 0 saturated heterocycles. The largest absolute Gasteiger partial charge is 0.389 e. The first-order chi connectivity index (χ1) is 9.23. The quantitative estimate of drug-likeness (QED) is 0.819. The Morgan fingerprint density at radius 2 is 2.21 bits per heavy atom. The van der Waals surface area contributed by atoms with E-state index >= 15 is 0 Å². The topological polar surface area (TPSA) is 33.1 Å². The highest BCUT2D eigenvalue weighted by molar-refractivity contribution is 5.31. The second kappa shape index (κ2) is 5.24. The van der Waals surface area contributed by atoms with Crippen LogP contribution in [0.25, 0.3) is 0 Å². The summed E-state index contributed by atoms with van der Waals surface area (Å²) in [7, 11) is 0. The minimum Gasteiger partial charge on any atom is -0.389 e. The van der Waals surface area contributed by atoms with Crippen LogP contribution in [-0.4, -0.2) is 15.7 Å². The number of aryl methyl sites for hydroxylation is 1. The van der Waals surface area contributed by atoms with Gasteiger partial charge in [0.2, 0.25) is 0 Å². The Morgan fingerprint density at radius 3 is 3.05 bits per heavy atom. The Balaban J connectivity index is 1.82. The summed E-state index contributed by atoms with van der Waals surface area (Å²) in [5.41, 5.74) is 2.04. The van der Waals surface area contributed by atoms with E-state index in [-0.39, 0.29) is 5.92 Å². The van der Waals surface area contributed by atoms with Gasteiger partial charge in [-0.05, 0) is 49.7 Å². The predicted octanol–water partition coefficient (Wildman–Crippen LogP) is 3.83. The van der Waals surface area contributed by atoms with E-state index in [1.54, 1.807) is 0 Å². The number of pyridine rings is 1. The molecule has 0 spiro atoms. The van der Waals surface area contributed by atoms with Crippen LogP contribution in [0.15, 0.2) is 18.3 Å². The average molecular weight is 259 g/mol. The molecule has 0 amide bonds. The SMILES string of the molecule is CCC1CCCC(O)(C2CCc3cccnc32)CC1. The van der Waals surface area contributed by atoms with Crippen molar-refractivity contribution < 1.29 is 5.11 Å². The zero-order chi connectivity index (χ0) is 13.3. The van der Waals surface area contributed by atoms with E-state index in [0.717, 1.165) is 31.6 Å². The lowest BCUT2D eigenvalue weighted by Crippen LogP contribution is -2.35. The van der Waals surface area contributed by atoms with E-state index in [9.17, 15) is 5.11 Å². The minimum absolute atomic E-state index is 0.277. The van der Waals surface area contributed by atoms with Gasteiger partial charge in [-0.2, -0.15) is 0 Å². The molecule has 3 rings (SSSR count). The Labute approximate surface area is 116 Å². The lowest BCUT2D eigenvalue weighted by Gasteiger charge is -2.33. The maximum atomic E-state index is 11.2. The molecule has 1 fully saturated rings. The van der Waals surface area contributed by atoms with Crippen molar-refractivity contribution >= 4 is 0 Å². The van der Waals surface area contributed by atoms with Crippen LogP contribution < -0.4 is 0 Å². The number of aromatic nitrogens is 1. The highest BCUT2D eigenvalue weighted by Gasteiger charge is 2.42. The fourth-order valence-corrected chi connectivity index (χ4v) is 4.11. The Hall–Kier alpha value is -0.890. The number of aliphatic hydroxyl groups is 1. The van der Waals surface area contributed by atoms with Crippen LogP contribution in [0.2, 0.25) is 0 Å². The van der Waals surface area contributed by atoms with Gasteiger partial charge in [0, 0.05) is 17.8 Å². The lowest BCUT2D eigenvalue weighted by molar-refractivity contribution is -0.00442. The monoisotopic (exact) mass is 259 g/mol. The molecule has 0 aromatic carbocycles. The van der Waals surface area contributed by atoms with Gasteiger partial charge in [-0.25, -0.2) is 0 Å². The Kier molecular flexibility index (Phi) is 3.62. The molecule has 1 heterocycles. The molecule has 2 aliphatic carbocycles. The van der Waals surface area contributed by atoms with E-state index < -0.39 is 5.60 Å². The van der Waals surface area contributed by atoms with E-state index in [4.69, 9.17) is 0 Å². The zero-order valence-electron chi connectivity index (χ0n) is 11.9. The van der Waals surface area contributed by atoms with Crippen molar-refractivity contribution in [1.82, 2.24) is 4.98 Å². The number of fused-ring (bicyclic) bond motifs is 1. The first kappa shape index (κ1) is 13.1. The molecular weight excluding hydrogens is 234 g/mol. The first-order valence-corrected chi connectivity index (χ1v) is 7.89. The highest BCUT2D eigenvalue weighted by atomic mass is 16.3. The highest BCUT2D eigenvalue weighted by Crippen LogP contribution is 2.46. The van der Waals surface area contributed by atoms with Crippen LogP contribution in [-0.2, 0) is 6.42 Å². The summed E-state index contributed by atoms with van der Waals surface area (Å²) in [6, 6.07) is 4.20. The molecule has 0 bridgehead atoms. The summed E-state index contributed by atoms with van der Waals surface area (Å²) in [5.74, 6) is 1.10. The molecule has 3 unspecified atom stereocenters. The molecule has 1 saturated carbocycles. The minimum atomic E-state index is -0.497. The van der Waals surface area contributed by atoms with E-state index in [2.05, 4.69) is 18.0 Å². The zero-order valence-corrected chi connectivity index (χ0v) is 11.9. The standard InChI is InChI=1S/C17H25NO/c1-2-13-5-3-10-17(19,11-9-13)15-8-7-14-6-4-12-18-16(14)15/h4,6,12-13,15,19H,2-3,5,7-11H2,1H3. The first-order valence-electron chi connectivity index (χ1n) is 7.89. The number of hydrogen-bond acceptors (Lipinski definition) is 2. The predicted molar refractivity (Wildman–Crippen MR) is 77.1 cm³/mol. The van der Waals surface area contributed by atoms with Crippen molar-refractivity contribution in [3.05, 3.63) is 29.6 Å². The second-order valence-electron chi connectivity index (χ2n) is 6.45. The smallest absolute Gasteiger partial charge is 0.0731 e. The fourth-order valence-electron chi connectivity index (χ4n) is 4.11. The van der Waals surface area contributed by atoms with Crippen molar-refractivity contribution in [2.24, 2.45) is 5.92 Å². The van der Waals surface area contributed by atoms with E-state index in [1.165, 1.54) is 36.9 Å². The molecule has 1 aromatic heterocycles. The molecule has 1 N–H and O–H groups in total. The van der Waals surface area contributed by atoms with E-state index in [1.807, 2.05) is 12.3 Å². The van der Waals surface area contributed by atoms with Crippen LogP contribution >= 0.6 is 0 Å². The van der Waals surface area contributed by atoms with Gasteiger partial charge >= 0.3 is 0 Å². The number of rotatable bonds is 2. The third-order valence-electron chi connectivity index (χ3n) is 5.39. The Bertz CT molecular complexity index is 445. The lowest BCUT2D eigenvalue weighted by atomic mass is 9.79. The van der Waals surface area contributed by atoms with Crippen molar-refractivity contribution in [3.8, 4) is 0 Å². The summed E-state index contributed by atoms with van der Waals surface area (Å²) in [4.78, 5) is 4.57. The molecule has 2 heteroatoms. The molecule has 104 valence electrons. The second-order valence-corrected chi connectivity index (χ2v) is 6.45. The third kappa shape index (κ3) is 2.43. The van der Waals surface area contributed by atoms with Gasteiger partial charge in [-0.3, -0.25) is 4.98 Å². The van der Waals surface area contributed by atoms with Gasteiger partial charge in [0.15, 0.2) is 0 Å². The summed E-state index contributed by atoms with van der Waals surface area (Å²) in [6.45, 7) is 2.28. The van der Waals surface area contributed by atoms with Crippen LogP contribution in [0, 0.1) is 5.92 Å². The number of hydrogen-bond donors (Lipinski definition) is 1. The summed E-state index contributed by atoms with van der Waals surface area (Å²) >= 11 is 0. The van der Waals surface area contributed by atoms with Crippen LogP contribution in [0.5, 0.6) is 0 Å². The maximum Gasteiger partial charge on any atom is 0.0731 e. The van der Waals surface area contributed by atoms with E-state index in [0.29, 0.717) is 0 Å². The van der Waals surface area contributed by atoms with Crippen molar-refractivity contribution in [3.63, 3.8) is 0 Å². The summed E-state index contributed by atoms with van der Waals surface area (Å²) in [5, 5.41) is 11.2. The maximum absolute atomic E-state index is 11.2. The van der Waals surface area contributed by atoms with Gasteiger partial charge < -0.3 is 5.11 Å². The molecule has 2 nitrogen and oxygen atoms in total. The number of nitrogens with zero attached hydrogens (tertiary/aromatic N) is 1. The van der Waals surface area contributed by atoms with Crippen LogP contribution in [0.1, 0.15) is 69.0 Å². The molecule has 19 heavy (non-hydrogen) atoms. The summed E-state index contributed by atoms with van der Waals surface area (Å²) in [6.07, 6.45) is 10.9. The van der Waals surface area contributed by atoms with Crippen LogP contribution in [0.4, 0.5) is 0 Å². The molecule has 0 radical (unpaired) electrons. The normalized spacial score (nSPS) is 34.8. The van der Waals surface area contributed by atoms with Gasteiger partial charge in [0.1, 0.15) is 0 Å². The molecule has 0 aliphatic heterocycles. The van der Waals surface area contributed by atoms with Gasteiger partial charge in [-0.15, -0.1) is 0 Å². The third-order valence-corrected chi connectivity index (χ3v) is 5.39.